The second kappa shape index (κ2) is 6.62. The number of nitrogens with zero attached hydrogens (tertiary/aromatic N) is 3. The molecule has 0 radical (unpaired) electrons. The van der Waals surface area contributed by atoms with E-state index < -0.39 is 17.7 Å². The number of guanidine groups is 1. The lowest BCUT2D eigenvalue weighted by Gasteiger charge is -2.41. The zero-order chi connectivity index (χ0) is 18.8. The quantitative estimate of drug-likeness (QED) is 0.311. The predicted molar refractivity (Wildman–Crippen MR) is 93.7 cm³/mol. The highest BCUT2D eigenvalue weighted by atomic mass is 16.5. The van der Waals surface area contributed by atoms with Gasteiger partial charge in [0.2, 0.25) is 5.96 Å². The maximum Gasteiger partial charge on any atom is 0.205 e. The molecule has 25 heavy (non-hydrogen) atoms. The monoisotopic (exact) mass is 341 g/mol. The van der Waals surface area contributed by atoms with Crippen molar-refractivity contribution in [3.8, 4) is 18.0 Å². The van der Waals surface area contributed by atoms with Gasteiger partial charge in [0.25, 0.3) is 0 Å². The Balaban J connectivity index is 2.55. The summed E-state index contributed by atoms with van der Waals surface area (Å²) < 4.78 is 5.87. The summed E-state index contributed by atoms with van der Waals surface area (Å²) in [7, 11) is 0. The highest BCUT2D eigenvalue weighted by Crippen LogP contribution is 2.42. The molecule has 1 unspecified atom stereocenters. The SMILES string of the molecule is CC(C)(C)NC(=NC1c2cc(C#N)ccc2OC(C)(C)[C@H]1O)NC#N. The fraction of sp³-hybridized carbons (Fsp3) is 0.500. The van der Waals surface area contributed by atoms with E-state index in [1.807, 2.05) is 27.0 Å². The minimum absolute atomic E-state index is 0.255. The molecule has 2 rings (SSSR count). The van der Waals surface area contributed by atoms with Gasteiger partial charge < -0.3 is 15.2 Å². The summed E-state index contributed by atoms with van der Waals surface area (Å²) in [4.78, 5) is 4.54. The first-order valence-electron chi connectivity index (χ1n) is 7.99. The Morgan fingerprint density at radius 2 is 2.00 bits per heavy atom. The summed E-state index contributed by atoms with van der Waals surface area (Å²) in [5.74, 6) is 0.820. The lowest BCUT2D eigenvalue weighted by molar-refractivity contribution is -0.0567. The van der Waals surface area contributed by atoms with E-state index in [-0.39, 0.29) is 11.5 Å². The number of aliphatic imine (C=N–C) groups is 1. The maximum absolute atomic E-state index is 10.8. The minimum Gasteiger partial charge on any atom is -0.485 e. The number of rotatable bonds is 1. The molecule has 7 heteroatoms. The summed E-state index contributed by atoms with van der Waals surface area (Å²) in [6.07, 6.45) is 0.901. The van der Waals surface area contributed by atoms with Crippen molar-refractivity contribution in [2.24, 2.45) is 4.99 Å². The van der Waals surface area contributed by atoms with E-state index in [9.17, 15) is 5.11 Å². The molecule has 7 nitrogen and oxygen atoms in total. The fourth-order valence-corrected chi connectivity index (χ4v) is 2.62. The number of nitriles is 2. The topological polar surface area (TPSA) is 113 Å². The van der Waals surface area contributed by atoms with E-state index in [0.717, 1.165) is 0 Å². The molecule has 1 heterocycles. The summed E-state index contributed by atoms with van der Waals surface area (Å²) in [6, 6.07) is 6.42. The van der Waals surface area contributed by atoms with Crippen molar-refractivity contribution in [1.82, 2.24) is 10.6 Å². The molecule has 2 atom stereocenters. The first kappa shape index (κ1) is 18.6. The van der Waals surface area contributed by atoms with Gasteiger partial charge in [-0.2, -0.15) is 10.5 Å². The molecule has 0 aromatic heterocycles. The standard InChI is InChI=1S/C18H23N5O2/c1-17(2,3)23-16(21-10-20)22-14-12-8-11(9-19)6-7-13(12)25-18(4,5)15(14)24/h6-8,14-15,24H,1-5H3,(H2,21,22,23)/t14?,15-/m0/s1. The van der Waals surface area contributed by atoms with Gasteiger partial charge in [0.1, 0.15) is 23.5 Å². The van der Waals surface area contributed by atoms with Crippen molar-refractivity contribution < 1.29 is 9.84 Å². The number of nitrogens with one attached hydrogen (secondary N) is 2. The summed E-state index contributed by atoms with van der Waals surface area (Å²) in [5.41, 5.74) is -0.132. The average Bonchev–Trinajstić information content (AvgIpc) is 2.50. The third-order valence-corrected chi connectivity index (χ3v) is 3.78. The molecular weight excluding hydrogens is 318 g/mol. The molecule has 1 aliphatic heterocycles. The number of aliphatic hydroxyl groups is 1. The summed E-state index contributed by atoms with van der Waals surface area (Å²) >= 11 is 0. The number of hydrogen-bond donors (Lipinski definition) is 3. The van der Waals surface area contributed by atoms with Gasteiger partial charge in [0, 0.05) is 11.1 Å². The van der Waals surface area contributed by atoms with E-state index >= 15 is 0 Å². The van der Waals surface area contributed by atoms with Gasteiger partial charge in [-0.3, -0.25) is 5.32 Å². The molecule has 132 valence electrons. The molecule has 0 saturated carbocycles. The maximum atomic E-state index is 10.8. The molecule has 0 fully saturated rings. The van der Waals surface area contributed by atoms with Crippen LogP contribution in [0.3, 0.4) is 0 Å². The Morgan fingerprint density at radius 1 is 1.32 bits per heavy atom. The average molecular weight is 341 g/mol. The Morgan fingerprint density at radius 3 is 2.56 bits per heavy atom. The molecule has 0 spiro atoms. The highest BCUT2D eigenvalue weighted by Gasteiger charge is 2.43. The molecule has 0 aliphatic carbocycles. The molecular formula is C18H23N5O2. The Hall–Kier alpha value is -2.77. The predicted octanol–water partition coefficient (Wildman–Crippen LogP) is 1.95. The molecule has 0 amide bonds. The van der Waals surface area contributed by atoms with Crippen LogP contribution >= 0.6 is 0 Å². The van der Waals surface area contributed by atoms with Crippen LogP contribution in [0.1, 0.15) is 51.8 Å². The Kier molecular flexibility index (Phi) is 4.92. The molecule has 0 bridgehead atoms. The van der Waals surface area contributed by atoms with Crippen LogP contribution in [-0.2, 0) is 0 Å². The number of aliphatic hydroxyl groups excluding tert-OH is 1. The Labute approximate surface area is 147 Å². The molecule has 1 aromatic carbocycles. The van der Waals surface area contributed by atoms with Crippen molar-refractivity contribution in [3.05, 3.63) is 29.3 Å². The van der Waals surface area contributed by atoms with Gasteiger partial charge in [-0.15, -0.1) is 0 Å². The van der Waals surface area contributed by atoms with Crippen molar-refractivity contribution in [2.75, 3.05) is 0 Å². The number of fused-ring (bicyclic) bond motifs is 1. The van der Waals surface area contributed by atoms with Crippen molar-refractivity contribution in [1.29, 1.82) is 10.5 Å². The zero-order valence-electron chi connectivity index (χ0n) is 15.1. The van der Waals surface area contributed by atoms with E-state index in [2.05, 4.69) is 21.7 Å². The van der Waals surface area contributed by atoms with Crippen molar-refractivity contribution in [2.45, 2.75) is 57.9 Å². The second-order valence-electron chi connectivity index (χ2n) is 7.55. The van der Waals surface area contributed by atoms with Gasteiger partial charge in [0.05, 0.1) is 11.6 Å². The Bertz CT molecular complexity index is 765. The van der Waals surface area contributed by atoms with E-state index in [1.165, 1.54) is 0 Å². The molecule has 0 saturated heterocycles. The normalized spacial score (nSPS) is 22.0. The van der Waals surface area contributed by atoms with Crippen LogP contribution in [0.25, 0.3) is 0 Å². The third-order valence-electron chi connectivity index (χ3n) is 3.78. The molecule has 1 aromatic rings. The lowest BCUT2D eigenvalue weighted by atomic mass is 9.86. The van der Waals surface area contributed by atoms with Crippen molar-refractivity contribution in [3.63, 3.8) is 0 Å². The van der Waals surface area contributed by atoms with Gasteiger partial charge in [-0.05, 0) is 52.8 Å². The second-order valence-corrected chi connectivity index (χ2v) is 7.55. The zero-order valence-corrected chi connectivity index (χ0v) is 15.1. The number of ether oxygens (including phenoxy) is 1. The number of benzene rings is 1. The van der Waals surface area contributed by atoms with Crippen LogP contribution in [0.15, 0.2) is 23.2 Å². The van der Waals surface area contributed by atoms with Crippen LogP contribution in [-0.4, -0.2) is 28.3 Å². The van der Waals surface area contributed by atoms with Crippen LogP contribution in [0, 0.1) is 22.8 Å². The van der Waals surface area contributed by atoms with Crippen LogP contribution < -0.4 is 15.4 Å². The third kappa shape index (κ3) is 4.20. The van der Waals surface area contributed by atoms with Gasteiger partial charge in [-0.25, -0.2) is 4.99 Å². The minimum atomic E-state index is -0.953. The smallest absolute Gasteiger partial charge is 0.205 e. The molecule has 1 aliphatic rings. The van der Waals surface area contributed by atoms with Gasteiger partial charge in [0.15, 0.2) is 6.19 Å². The first-order chi connectivity index (χ1) is 11.6. The van der Waals surface area contributed by atoms with E-state index in [0.29, 0.717) is 16.9 Å². The van der Waals surface area contributed by atoms with Crippen LogP contribution in [0.5, 0.6) is 5.75 Å². The van der Waals surface area contributed by atoms with Gasteiger partial charge in [-0.1, -0.05) is 0 Å². The van der Waals surface area contributed by atoms with E-state index in [4.69, 9.17) is 15.3 Å². The number of hydrogen-bond acceptors (Lipinski definition) is 5. The summed E-state index contributed by atoms with van der Waals surface area (Å²) in [5, 5.41) is 34.6. The fourth-order valence-electron chi connectivity index (χ4n) is 2.62. The van der Waals surface area contributed by atoms with Crippen molar-refractivity contribution >= 4 is 5.96 Å². The van der Waals surface area contributed by atoms with Gasteiger partial charge >= 0.3 is 0 Å². The first-order valence-corrected chi connectivity index (χ1v) is 7.99. The van der Waals surface area contributed by atoms with E-state index in [1.54, 1.807) is 32.0 Å². The lowest BCUT2D eigenvalue weighted by Crippen LogP contribution is -2.50. The molecule has 3 N–H and O–H groups in total. The van der Waals surface area contributed by atoms with Crippen LogP contribution in [0.4, 0.5) is 0 Å². The summed E-state index contributed by atoms with van der Waals surface area (Å²) in [6.45, 7) is 9.36. The largest absolute Gasteiger partial charge is 0.485 e. The van der Waals surface area contributed by atoms with Crippen LogP contribution in [0.2, 0.25) is 0 Å². The highest BCUT2D eigenvalue weighted by molar-refractivity contribution is 5.82.